The topological polar surface area (TPSA) is 50.7 Å². The summed E-state index contributed by atoms with van der Waals surface area (Å²) in [6.45, 7) is 0.847. The Labute approximate surface area is 102 Å². The number of benzene rings is 1. The monoisotopic (exact) mass is 237 g/mol. The number of rotatable bonds is 3. The fourth-order valence-electron chi connectivity index (χ4n) is 2.22. The maximum absolute atomic E-state index is 9.67. The Hall–Kier alpha value is -1.26. The van der Waals surface area contributed by atoms with Crippen molar-refractivity contribution < 1.29 is 14.6 Å². The van der Waals surface area contributed by atoms with Crippen LogP contribution in [0.4, 0.5) is 0 Å². The summed E-state index contributed by atoms with van der Waals surface area (Å²) in [4.78, 5) is 0. The van der Waals surface area contributed by atoms with Gasteiger partial charge in [0, 0.05) is 6.04 Å². The molecule has 0 unspecified atom stereocenters. The van der Waals surface area contributed by atoms with Crippen LogP contribution in [0.15, 0.2) is 18.2 Å². The lowest BCUT2D eigenvalue weighted by molar-refractivity contribution is 0.116. The zero-order valence-electron chi connectivity index (χ0n) is 10.3. The summed E-state index contributed by atoms with van der Waals surface area (Å²) in [5, 5.41) is 13.1. The number of hydrogen-bond donors (Lipinski definition) is 2. The van der Waals surface area contributed by atoms with Gasteiger partial charge in [0.15, 0.2) is 11.5 Å². The largest absolute Gasteiger partial charge is 0.493 e. The lowest BCUT2D eigenvalue weighted by Gasteiger charge is -2.28. The van der Waals surface area contributed by atoms with Crippen LogP contribution in [0, 0.1) is 0 Å². The van der Waals surface area contributed by atoms with Crippen molar-refractivity contribution in [1.82, 2.24) is 5.32 Å². The molecule has 1 fully saturated rings. The average molecular weight is 237 g/mol. The summed E-state index contributed by atoms with van der Waals surface area (Å²) >= 11 is 0. The molecule has 0 saturated carbocycles. The normalized spacial score (nSPS) is 24.4. The van der Waals surface area contributed by atoms with E-state index in [1.807, 2.05) is 18.2 Å². The van der Waals surface area contributed by atoms with Gasteiger partial charge in [0.2, 0.25) is 0 Å². The van der Waals surface area contributed by atoms with Gasteiger partial charge in [-0.2, -0.15) is 0 Å². The second-order valence-corrected chi connectivity index (χ2v) is 4.30. The molecule has 4 nitrogen and oxygen atoms in total. The molecule has 94 valence electrons. The van der Waals surface area contributed by atoms with E-state index in [9.17, 15) is 5.11 Å². The van der Waals surface area contributed by atoms with E-state index in [-0.39, 0.29) is 12.1 Å². The van der Waals surface area contributed by atoms with Gasteiger partial charge in [0.05, 0.1) is 20.3 Å². The minimum absolute atomic E-state index is 0.193. The van der Waals surface area contributed by atoms with E-state index >= 15 is 0 Å². The molecule has 1 saturated heterocycles. The predicted molar refractivity (Wildman–Crippen MR) is 65.5 cm³/mol. The van der Waals surface area contributed by atoms with Gasteiger partial charge >= 0.3 is 0 Å². The van der Waals surface area contributed by atoms with Gasteiger partial charge in [-0.15, -0.1) is 0 Å². The number of methoxy groups -OCH3 is 2. The molecular weight excluding hydrogens is 218 g/mol. The molecule has 1 heterocycles. The molecule has 0 radical (unpaired) electrons. The molecule has 4 heteroatoms. The van der Waals surface area contributed by atoms with Gasteiger partial charge in [-0.05, 0) is 37.1 Å². The Morgan fingerprint density at radius 1 is 1.24 bits per heavy atom. The van der Waals surface area contributed by atoms with Crippen molar-refractivity contribution in [3.05, 3.63) is 23.8 Å². The molecule has 0 aromatic heterocycles. The molecule has 1 aliphatic heterocycles. The van der Waals surface area contributed by atoms with Crippen LogP contribution in [0.3, 0.4) is 0 Å². The zero-order chi connectivity index (χ0) is 12.3. The van der Waals surface area contributed by atoms with Crippen molar-refractivity contribution in [2.24, 2.45) is 0 Å². The molecular formula is C13H19NO3. The Morgan fingerprint density at radius 2 is 2.00 bits per heavy atom. The first kappa shape index (κ1) is 12.2. The van der Waals surface area contributed by atoms with Crippen molar-refractivity contribution in [3.63, 3.8) is 0 Å². The quantitative estimate of drug-likeness (QED) is 0.836. The zero-order valence-corrected chi connectivity index (χ0v) is 10.3. The molecule has 0 amide bonds. The summed E-state index contributed by atoms with van der Waals surface area (Å²) in [5.74, 6) is 1.46. The molecule has 2 rings (SSSR count). The van der Waals surface area contributed by atoms with E-state index in [0.29, 0.717) is 0 Å². The van der Waals surface area contributed by atoms with E-state index in [0.717, 1.165) is 36.4 Å². The lowest BCUT2D eigenvalue weighted by atomic mass is 9.95. The van der Waals surface area contributed by atoms with Gasteiger partial charge in [-0.3, -0.25) is 0 Å². The predicted octanol–water partition coefficient (Wildman–Crippen LogP) is 1.49. The van der Waals surface area contributed by atoms with Crippen LogP contribution < -0.4 is 14.8 Å². The average Bonchev–Trinajstić information content (AvgIpc) is 2.38. The second kappa shape index (κ2) is 5.38. The first-order chi connectivity index (χ1) is 8.24. The van der Waals surface area contributed by atoms with Crippen LogP contribution in [0.2, 0.25) is 0 Å². The number of ether oxygens (including phenoxy) is 2. The summed E-state index contributed by atoms with van der Waals surface area (Å²) in [6.07, 6.45) is 1.36. The maximum Gasteiger partial charge on any atom is 0.161 e. The van der Waals surface area contributed by atoms with Gasteiger partial charge < -0.3 is 19.9 Å². The molecule has 2 atom stereocenters. The minimum Gasteiger partial charge on any atom is -0.493 e. The lowest BCUT2D eigenvalue weighted by Crippen LogP contribution is -2.34. The van der Waals surface area contributed by atoms with Gasteiger partial charge in [0.1, 0.15) is 0 Å². The number of piperidine rings is 1. The highest BCUT2D eigenvalue weighted by Gasteiger charge is 2.21. The number of nitrogens with one attached hydrogen (secondary N) is 1. The third-order valence-electron chi connectivity index (χ3n) is 3.19. The molecule has 0 spiro atoms. The van der Waals surface area contributed by atoms with Crippen LogP contribution in [0.1, 0.15) is 24.4 Å². The third kappa shape index (κ3) is 2.70. The highest BCUT2D eigenvalue weighted by molar-refractivity contribution is 5.43. The van der Waals surface area contributed by atoms with Crippen molar-refractivity contribution in [2.75, 3.05) is 20.8 Å². The Balaban J connectivity index is 2.20. The van der Waals surface area contributed by atoms with Crippen molar-refractivity contribution in [1.29, 1.82) is 0 Å². The highest BCUT2D eigenvalue weighted by Crippen LogP contribution is 2.32. The van der Waals surface area contributed by atoms with Gasteiger partial charge in [-0.25, -0.2) is 0 Å². The van der Waals surface area contributed by atoms with E-state index in [1.54, 1.807) is 14.2 Å². The van der Waals surface area contributed by atoms with Crippen LogP contribution in [-0.4, -0.2) is 32.0 Å². The summed E-state index contributed by atoms with van der Waals surface area (Å²) in [7, 11) is 3.25. The standard InChI is InChI=1S/C13H19NO3/c1-16-12-4-3-9(7-13(12)17-2)11-8-10(15)5-6-14-11/h3-4,7,10-11,14-15H,5-6,8H2,1-2H3/t10-,11-/m1/s1. The number of aliphatic hydroxyl groups is 1. The molecule has 0 aliphatic carbocycles. The molecule has 17 heavy (non-hydrogen) atoms. The van der Waals surface area contributed by atoms with Crippen LogP contribution in [0.25, 0.3) is 0 Å². The van der Waals surface area contributed by atoms with Gasteiger partial charge in [0.25, 0.3) is 0 Å². The van der Waals surface area contributed by atoms with E-state index in [4.69, 9.17) is 9.47 Å². The fraction of sp³-hybridized carbons (Fsp3) is 0.538. The van der Waals surface area contributed by atoms with Crippen molar-refractivity contribution in [3.8, 4) is 11.5 Å². The van der Waals surface area contributed by atoms with Gasteiger partial charge in [-0.1, -0.05) is 6.07 Å². The third-order valence-corrected chi connectivity index (χ3v) is 3.19. The van der Waals surface area contributed by atoms with Crippen LogP contribution in [0.5, 0.6) is 11.5 Å². The SMILES string of the molecule is COc1ccc([C@H]2C[C@H](O)CCN2)cc1OC. The molecule has 2 N–H and O–H groups in total. The van der Waals surface area contributed by atoms with Crippen LogP contribution in [-0.2, 0) is 0 Å². The summed E-state index contributed by atoms with van der Waals surface area (Å²) in [5.41, 5.74) is 1.13. The minimum atomic E-state index is -0.214. The van der Waals surface area contributed by atoms with Crippen LogP contribution >= 0.6 is 0 Å². The summed E-state index contributed by atoms with van der Waals surface area (Å²) < 4.78 is 10.5. The maximum atomic E-state index is 9.67. The Morgan fingerprint density at radius 3 is 2.65 bits per heavy atom. The smallest absolute Gasteiger partial charge is 0.161 e. The molecule has 1 aromatic rings. The molecule has 1 aliphatic rings. The second-order valence-electron chi connectivity index (χ2n) is 4.30. The fourth-order valence-corrected chi connectivity index (χ4v) is 2.22. The first-order valence-electron chi connectivity index (χ1n) is 5.88. The Kier molecular flexibility index (Phi) is 3.86. The van der Waals surface area contributed by atoms with E-state index in [2.05, 4.69) is 5.32 Å². The van der Waals surface area contributed by atoms with Crippen molar-refractivity contribution in [2.45, 2.75) is 25.0 Å². The van der Waals surface area contributed by atoms with E-state index < -0.39 is 0 Å². The highest BCUT2D eigenvalue weighted by atomic mass is 16.5. The first-order valence-corrected chi connectivity index (χ1v) is 5.88. The molecule has 1 aromatic carbocycles. The Bertz CT molecular complexity index is 381. The van der Waals surface area contributed by atoms with Crippen molar-refractivity contribution >= 4 is 0 Å². The number of aliphatic hydroxyl groups excluding tert-OH is 1. The molecule has 0 bridgehead atoms. The van der Waals surface area contributed by atoms with E-state index in [1.165, 1.54) is 0 Å². The number of hydrogen-bond acceptors (Lipinski definition) is 4. The summed E-state index contributed by atoms with van der Waals surface area (Å²) in [6, 6.07) is 6.07.